The molecule has 1 aliphatic heterocycles. The third-order valence-corrected chi connectivity index (χ3v) is 4.98. The van der Waals surface area contributed by atoms with Gasteiger partial charge >= 0.3 is 0 Å². The monoisotopic (exact) mass is 349 g/mol. The highest BCUT2D eigenvalue weighted by Gasteiger charge is 2.34. The van der Waals surface area contributed by atoms with E-state index in [1.165, 1.54) is 16.3 Å². The molecule has 1 atom stereocenters. The smallest absolute Gasteiger partial charge is 0.284 e. The molecule has 1 N–H and O–H groups in total. The van der Waals surface area contributed by atoms with E-state index in [0.29, 0.717) is 11.3 Å². The van der Waals surface area contributed by atoms with Crippen molar-refractivity contribution in [2.24, 2.45) is 5.10 Å². The molecule has 0 fully saturated rings. The third kappa shape index (κ3) is 3.04. The number of rotatable bonds is 3. The van der Waals surface area contributed by atoms with Gasteiger partial charge in [0.05, 0.1) is 16.6 Å². The maximum Gasteiger partial charge on any atom is 0.284 e. The highest BCUT2D eigenvalue weighted by atomic mass is 32.1. The zero-order chi connectivity index (χ0) is 17.2. The van der Waals surface area contributed by atoms with E-state index in [4.69, 9.17) is 0 Å². The van der Waals surface area contributed by atoms with Gasteiger partial charge in [0, 0.05) is 24.4 Å². The minimum Gasteiger partial charge on any atom is -0.508 e. The number of thiophene rings is 1. The molecule has 1 amide bonds. The second kappa shape index (κ2) is 6.49. The lowest BCUT2D eigenvalue weighted by atomic mass is 9.98. The molecule has 124 valence electrons. The molecule has 5 nitrogen and oxygen atoms in total. The van der Waals surface area contributed by atoms with Gasteiger partial charge in [-0.15, -0.1) is 11.3 Å². The van der Waals surface area contributed by atoms with Gasteiger partial charge < -0.3 is 5.11 Å². The fourth-order valence-electron chi connectivity index (χ4n) is 2.92. The average Bonchev–Trinajstić information content (AvgIpc) is 3.32. The molecule has 0 radical (unpaired) electrons. The molecule has 1 aliphatic rings. The SMILES string of the molecule is O=C(c1cccs1)N1N=C(c2ccncc2)CC1c1cccc(O)c1. The van der Waals surface area contributed by atoms with Crippen molar-refractivity contribution >= 4 is 23.0 Å². The fourth-order valence-corrected chi connectivity index (χ4v) is 3.58. The molecule has 2 aromatic heterocycles. The second-order valence-electron chi connectivity index (χ2n) is 5.72. The summed E-state index contributed by atoms with van der Waals surface area (Å²) >= 11 is 1.40. The minimum absolute atomic E-state index is 0.132. The van der Waals surface area contributed by atoms with E-state index in [1.807, 2.05) is 29.6 Å². The fraction of sp³-hybridized carbons (Fsp3) is 0.105. The van der Waals surface area contributed by atoms with Gasteiger partial charge in [0.15, 0.2) is 0 Å². The van der Waals surface area contributed by atoms with Crippen LogP contribution in [-0.2, 0) is 0 Å². The number of nitrogens with zero attached hydrogens (tertiary/aromatic N) is 3. The van der Waals surface area contributed by atoms with E-state index in [0.717, 1.165) is 16.8 Å². The lowest BCUT2D eigenvalue weighted by Gasteiger charge is -2.21. The summed E-state index contributed by atoms with van der Waals surface area (Å²) in [6.45, 7) is 0. The van der Waals surface area contributed by atoms with Crippen molar-refractivity contribution < 1.29 is 9.90 Å². The zero-order valence-electron chi connectivity index (χ0n) is 13.2. The van der Waals surface area contributed by atoms with Crippen LogP contribution < -0.4 is 0 Å². The van der Waals surface area contributed by atoms with Crippen molar-refractivity contribution in [3.8, 4) is 5.75 Å². The first-order chi connectivity index (χ1) is 12.2. The van der Waals surface area contributed by atoms with Gasteiger partial charge in [0.25, 0.3) is 5.91 Å². The van der Waals surface area contributed by atoms with Gasteiger partial charge in [-0.3, -0.25) is 9.78 Å². The predicted molar refractivity (Wildman–Crippen MR) is 96.7 cm³/mol. The third-order valence-electron chi connectivity index (χ3n) is 4.12. The summed E-state index contributed by atoms with van der Waals surface area (Å²) in [5.74, 6) is 0.0470. The number of hydrazone groups is 1. The molecule has 1 unspecified atom stereocenters. The maximum atomic E-state index is 12.9. The number of hydrogen-bond acceptors (Lipinski definition) is 5. The number of aromatic nitrogens is 1. The molecule has 3 aromatic rings. The van der Waals surface area contributed by atoms with Crippen LogP contribution in [0.4, 0.5) is 0 Å². The van der Waals surface area contributed by atoms with Crippen LogP contribution in [0.5, 0.6) is 5.75 Å². The van der Waals surface area contributed by atoms with E-state index in [-0.39, 0.29) is 17.7 Å². The normalized spacial score (nSPS) is 16.7. The highest BCUT2D eigenvalue weighted by Crippen LogP contribution is 2.35. The van der Waals surface area contributed by atoms with Crippen LogP contribution in [0, 0.1) is 0 Å². The molecule has 1 aromatic carbocycles. The number of benzene rings is 1. The van der Waals surface area contributed by atoms with Crippen molar-refractivity contribution in [2.75, 3.05) is 0 Å². The quantitative estimate of drug-likeness (QED) is 0.781. The summed E-state index contributed by atoms with van der Waals surface area (Å²) < 4.78 is 0. The predicted octanol–water partition coefficient (Wildman–Crippen LogP) is 3.84. The Balaban J connectivity index is 1.74. The largest absolute Gasteiger partial charge is 0.508 e. The first kappa shape index (κ1) is 15.5. The number of aromatic hydroxyl groups is 1. The molecular formula is C19H15N3O2S. The van der Waals surface area contributed by atoms with Crippen molar-refractivity contribution in [3.63, 3.8) is 0 Å². The molecular weight excluding hydrogens is 334 g/mol. The summed E-state index contributed by atoms with van der Waals surface area (Å²) in [4.78, 5) is 17.6. The Morgan fingerprint density at radius 2 is 2.00 bits per heavy atom. The molecule has 0 saturated heterocycles. The lowest BCUT2D eigenvalue weighted by molar-refractivity contribution is 0.0716. The Morgan fingerprint density at radius 1 is 1.16 bits per heavy atom. The molecule has 6 heteroatoms. The average molecular weight is 349 g/mol. The number of carbonyl (C=O) groups excluding carboxylic acids is 1. The van der Waals surface area contributed by atoms with Crippen LogP contribution in [0.3, 0.4) is 0 Å². The van der Waals surface area contributed by atoms with E-state index >= 15 is 0 Å². The Bertz CT molecular complexity index is 923. The summed E-state index contributed by atoms with van der Waals surface area (Å²) in [5.41, 5.74) is 2.64. The van der Waals surface area contributed by atoms with Gasteiger partial charge in [-0.05, 0) is 41.3 Å². The van der Waals surface area contributed by atoms with Crippen LogP contribution in [0.1, 0.15) is 33.3 Å². The summed E-state index contributed by atoms with van der Waals surface area (Å²) in [7, 11) is 0. The Labute approximate surface area is 148 Å². The first-order valence-electron chi connectivity index (χ1n) is 7.86. The van der Waals surface area contributed by atoms with Gasteiger partial charge in [-0.1, -0.05) is 18.2 Å². The van der Waals surface area contributed by atoms with Gasteiger partial charge in [-0.25, -0.2) is 5.01 Å². The highest BCUT2D eigenvalue weighted by molar-refractivity contribution is 7.12. The number of hydrogen-bond donors (Lipinski definition) is 1. The number of amides is 1. The van der Waals surface area contributed by atoms with Crippen LogP contribution in [0.25, 0.3) is 0 Å². The Kier molecular flexibility index (Phi) is 4.03. The summed E-state index contributed by atoms with van der Waals surface area (Å²) in [6.07, 6.45) is 4.01. The van der Waals surface area contributed by atoms with Gasteiger partial charge in [-0.2, -0.15) is 5.10 Å². The van der Waals surface area contributed by atoms with Crippen LogP contribution in [0.15, 0.2) is 71.4 Å². The van der Waals surface area contributed by atoms with Gasteiger partial charge in [0.1, 0.15) is 5.75 Å². The molecule has 0 spiro atoms. The number of phenolic OH excluding ortho intramolecular Hbond substituents is 1. The molecule has 0 saturated carbocycles. The van der Waals surface area contributed by atoms with E-state index in [1.54, 1.807) is 36.7 Å². The molecule has 25 heavy (non-hydrogen) atoms. The van der Waals surface area contributed by atoms with Gasteiger partial charge in [0.2, 0.25) is 0 Å². The first-order valence-corrected chi connectivity index (χ1v) is 8.74. The summed E-state index contributed by atoms with van der Waals surface area (Å²) in [6, 6.07) is 14.2. The van der Waals surface area contributed by atoms with Crippen LogP contribution in [-0.4, -0.2) is 26.7 Å². The molecule has 0 aliphatic carbocycles. The molecule has 0 bridgehead atoms. The Morgan fingerprint density at radius 3 is 2.72 bits per heavy atom. The van der Waals surface area contributed by atoms with Crippen molar-refractivity contribution in [2.45, 2.75) is 12.5 Å². The van der Waals surface area contributed by atoms with E-state index in [9.17, 15) is 9.90 Å². The van der Waals surface area contributed by atoms with E-state index < -0.39 is 0 Å². The lowest BCUT2D eigenvalue weighted by Crippen LogP contribution is -2.26. The maximum absolute atomic E-state index is 12.9. The summed E-state index contributed by atoms with van der Waals surface area (Å²) in [5, 5.41) is 17.8. The standard InChI is InChI=1S/C19H15N3O2S/c23-15-4-1-3-14(11-15)17-12-16(13-6-8-20-9-7-13)21-22(17)19(24)18-5-2-10-25-18/h1-11,17,23H,12H2. The van der Waals surface area contributed by atoms with Crippen LogP contribution >= 0.6 is 11.3 Å². The Hall–Kier alpha value is -2.99. The molecule has 3 heterocycles. The number of phenols is 1. The van der Waals surface area contributed by atoms with Crippen molar-refractivity contribution in [1.29, 1.82) is 0 Å². The van der Waals surface area contributed by atoms with Crippen molar-refractivity contribution in [1.82, 2.24) is 9.99 Å². The topological polar surface area (TPSA) is 65.8 Å². The zero-order valence-corrected chi connectivity index (χ0v) is 14.1. The minimum atomic E-state index is -0.245. The van der Waals surface area contributed by atoms with Crippen LogP contribution in [0.2, 0.25) is 0 Å². The number of pyridine rings is 1. The molecule has 4 rings (SSSR count). The van der Waals surface area contributed by atoms with E-state index in [2.05, 4.69) is 10.1 Å². The van der Waals surface area contributed by atoms with Crippen molar-refractivity contribution in [3.05, 3.63) is 82.3 Å². The number of carbonyl (C=O) groups is 1. The second-order valence-corrected chi connectivity index (χ2v) is 6.67.